The minimum atomic E-state index is -0.565. The highest BCUT2D eigenvalue weighted by molar-refractivity contribution is 6.32. The molecule has 0 saturated heterocycles. The maximum absolute atomic E-state index is 13.1. The van der Waals surface area contributed by atoms with Crippen molar-refractivity contribution in [3.05, 3.63) is 64.7 Å². The van der Waals surface area contributed by atoms with E-state index in [1.54, 1.807) is 29.2 Å². The van der Waals surface area contributed by atoms with Crippen molar-refractivity contribution in [2.75, 3.05) is 13.2 Å². The molecule has 0 radical (unpaired) electrons. The van der Waals surface area contributed by atoms with Crippen molar-refractivity contribution in [2.45, 2.75) is 46.2 Å². The van der Waals surface area contributed by atoms with E-state index in [1.165, 1.54) is 0 Å². The molecule has 0 aliphatic heterocycles. The molecule has 0 spiro atoms. The van der Waals surface area contributed by atoms with Gasteiger partial charge in [0, 0.05) is 13.1 Å². The number of benzene rings is 2. The third-order valence-corrected chi connectivity index (χ3v) is 4.91. The van der Waals surface area contributed by atoms with Crippen molar-refractivity contribution in [1.29, 1.82) is 0 Å². The minimum Gasteiger partial charge on any atom is -0.482 e. The number of para-hydroxylation sites is 1. The molecular weight excluding hydrogens is 388 g/mol. The van der Waals surface area contributed by atoms with Crippen LogP contribution in [0.4, 0.5) is 0 Å². The Bertz CT molecular complexity index is 808. The Morgan fingerprint density at radius 3 is 2.41 bits per heavy atom. The van der Waals surface area contributed by atoms with Crippen LogP contribution in [0.5, 0.6) is 5.75 Å². The molecule has 0 fully saturated rings. The van der Waals surface area contributed by atoms with E-state index in [1.807, 2.05) is 45.0 Å². The molecule has 0 aliphatic carbocycles. The van der Waals surface area contributed by atoms with Gasteiger partial charge in [-0.1, -0.05) is 67.4 Å². The number of hydrogen-bond donors (Lipinski definition) is 1. The van der Waals surface area contributed by atoms with Crippen molar-refractivity contribution in [2.24, 2.45) is 0 Å². The number of carbonyl (C=O) groups excluding carboxylic acids is 2. The molecule has 0 saturated carbocycles. The highest BCUT2D eigenvalue weighted by atomic mass is 35.5. The van der Waals surface area contributed by atoms with Gasteiger partial charge in [0.25, 0.3) is 5.91 Å². The topological polar surface area (TPSA) is 58.6 Å². The normalized spacial score (nSPS) is 11.6. The number of ether oxygens (including phenoxy) is 1. The lowest BCUT2D eigenvalue weighted by Crippen LogP contribution is -2.50. The molecule has 0 aliphatic rings. The molecule has 2 aromatic carbocycles. The molecular formula is C23H29ClN2O3. The van der Waals surface area contributed by atoms with E-state index in [9.17, 15) is 9.59 Å². The second kappa shape index (κ2) is 11.5. The van der Waals surface area contributed by atoms with E-state index in [0.29, 0.717) is 30.3 Å². The third kappa shape index (κ3) is 6.79. The second-order valence-corrected chi connectivity index (χ2v) is 7.35. The van der Waals surface area contributed by atoms with Gasteiger partial charge >= 0.3 is 0 Å². The summed E-state index contributed by atoms with van der Waals surface area (Å²) < 4.78 is 5.64. The van der Waals surface area contributed by atoms with Crippen LogP contribution in [0, 0.1) is 6.92 Å². The van der Waals surface area contributed by atoms with Crippen molar-refractivity contribution >= 4 is 23.4 Å². The van der Waals surface area contributed by atoms with E-state index < -0.39 is 6.04 Å². The Labute approximate surface area is 178 Å². The van der Waals surface area contributed by atoms with E-state index in [-0.39, 0.29) is 18.4 Å². The van der Waals surface area contributed by atoms with E-state index in [0.717, 1.165) is 17.5 Å². The van der Waals surface area contributed by atoms with Crippen LogP contribution in [-0.4, -0.2) is 35.9 Å². The van der Waals surface area contributed by atoms with Crippen LogP contribution in [-0.2, 0) is 16.1 Å². The average Bonchev–Trinajstić information content (AvgIpc) is 2.72. The van der Waals surface area contributed by atoms with Crippen LogP contribution in [0.2, 0.25) is 5.02 Å². The van der Waals surface area contributed by atoms with Gasteiger partial charge in [-0.3, -0.25) is 9.59 Å². The first kappa shape index (κ1) is 22.8. The average molecular weight is 417 g/mol. The van der Waals surface area contributed by atoms with Gasteiger partial charge in [-0.2, -0.15) is 0 Å². The van der Waals surface area contributed by atoms with Gasteiger partial charge in [-0.15, -0.1) is 0 Å². The van der Waals surface area contributed by atoms with Crippen molar-refractivity contribution in [3.63, 3.8) is 0 Å². The molecule has 0 heterocycles. The molecule has 2 amide bonds. The lowest BCUT2D eigenvalue weighted by molar-refractivity contribution is -0.143. The van der Waals surface area contributed by atoms with Crippen molar-refractivity contribution < 1.29 is 14.3 Å². The number of aryl methyl sites for hydroxylation is 1. The molecule has 29 heavy (non-hydrogen) atoms. The molecule has 1 atom stereocenters. The van der Waals surface area contributed by atoms with Gasteiger partial charge in [-0.25, -0.2) is 0 Å². The quantitative estimate of drug-likeness (QED) is 0.626. The number of rotatable bonds is 10. The Kier molecular flexibility index (Phi) is 9.00. The summed E-state index contributed by atoms with van der Waals surface area (Å²) in [5.74, 6) is 0.0397. The largest absolute Gasteiger partial charge is 0.482 e. The zero-order valence-electron chi connectivity index (χ0n) is 17.3. The molecule has 1 N–H and O–H groups in total. The lowest BCUT2D eigenvalue weighted by Gasteiger charge is -2.30. The highest BCUT2D eigenvalue weighted by Gasteiger charge is 2.28. The molecule has 156 valence electrons. The fraction of sp³-hybridized carbons (Fsp3) is 0.391. The Morgan fingerprint density at radius 1 is 1.10 bits per heavy atom. The fourth-order valence-corrected chi connectivity index (χ4v) is 3.15. The van der Waals surface area contributed by atoms with Crippen LogP contribution in [0.1, 0.15) is 37.8 Å². The van der Waals surface area contributed by atoms with E-state index >= 15 is 0 Å². The summed E-state index contributed by atoms with van der Waals surface area (Å²) in [4.78, 5) is 27.3. The van der Waals surface area contributed by atoms with Gasteiger partial charge in [0.05, 0.1) is 5.02 Å². The number of hydrogen-bond acceptors (Lipinski definition) is 3. The van der Waals surface area contributed by atoms with Gasteiger partial charge in [0.1, 0.15) is 11.8 Å². The zero-order valence-corrected chi connectivity index (χ0v) is 18.0. The number of amides is 2. The Morgan fingerprint density at radius 2 is 1.79 bits per heavy atom. The van der Waals surface area contributed by atoms with Gasteiger partial charge in [0.2, 0.25) is 5.91 Å². The summed E-state index contributed by atoms with van der Waals surface area (Å²) in [6, 6.07) is 14.4. The van der Waals surface area contributed by atoms with Crippen LogP contribution in [0.15, 0.2) is 48.5 Å². The highest BCUT2D eigenvalue weighted by Crippen LogP contribution is 2.23. The first-order valence-electron chi connectivity index (χ1n) is 9.96. The van der Waals surface area contributed by atoms with Gasteiger partial charge < -0.3 is 15.0 Å². The zero-order chi connectivity index (χ0) is 21.2. The van der Waals surface area contributed by atoms with Crippen LogP contribution in [0.3, 0.4) is 0 Å². The van der Waals surface area contributed by atoms with E-state index in [2.05, 4.69) is 5.32 Å². The standard InChI is InChI=1S/C23H29ClN2O3/c1-4-14-25-23(28)20(5-2)26(15-18-12-10-17(3)11-13-18)22(27)16-29-21-9-7-6-8-19(21)24/h6-13,20H,4-5,14-16H2,1-3H3,(H,25,28)/t20-/m1/s1. The van der Waals surface area contributed by atoms with E-state index in [4.69, 9.17) is 16.3 Å². The van der Waals surface area contributed by atoms with Crippen LogP contribution >= 0.6 is 11.6 Å². The number of nitrogens with zero attached hydrogens (tertiary/aromatic N) is 1. The molecule has 2 aromatic rings. The number of halogens is 1. The molecule has 2 rings (SSSR count). The van der Waals surface area contributed by atoms with Crippen LogP contribution < -0.4 is 10.1 Å². The van der Waals surface area contributed by atoms with Crippen molar-refractivity contribution in [3.8, 4) is 5.75 Å². The first-order valence-corrected chi connectivity index (χ1v) is 10.3. The second-order valence-electron chi connectivity index (χ2n) is 6.94. The molecule has 0 unspecified atom stereocenters. The SMILES string of the molecule is CCCNC(=O)[C@@H](CC)N(Cc1ccc(C)cc1)C(=O)COc1ccccc1Cl. The number of nitrogens with one attached hydrogen (secondary N) is 1. The van der Waals surface area contributed by atoms with Crippen LogP contribution in [0.25, 0.3) is 0 Å². The summed E-state index contributed by atoms with van der Waals surface area (Å²) >= 11 is 6.12. The predicted octanol–water partition coefficient (Wildman–Crippen LogP) is 4.36. The minimum absolute atomic E-state index is 0.146. The third-order valence-electron chi connectivity index (χ3n) is 4.60. The summed E-state index contributed by atoms with van der Waals surface area (Å²) in [7, 11) is 0. The maximum Gasteiger partial charge on any atom is 0.261 e. The molecule has 0 bridgehead atoms. The first-order chi connectivity index (χ1) is 14.0. The van der Waals surface area contributed by atoms with Gasteiger partial charge in [-0.05, 0) is 37.5 Å². The molecule has 5 nitrogen and oxygen atoms in total. The molecule has 6 heteroatoms. The lowest BCUT2D eigenvalue weighted by atomic mass is 10.1. The Balaban J connectivity index is 2.19. The van der Waals surface area contributed by atoms with Crippen molar-refractivity contribution in [1.82, 2.24) is 10.2 Å². The smallest absolute Gasteiger partial charge is 0.261 e. The summed E-state index contributed by atoms with van der Waals surface area (Å²) in [6.45, 7) is 6.64. The molecule has 0 aromatic heterocycles. The Hall–Kier alpha value is -2.53. The number of carbonyl (C=O) groups is 2. The predicted molar refractivity (Wildman–Crippen MR) is 116 cm³/mol. The van der Waals surface area contributed by atoms with Gasteiger partial charge in [0.15, 0.2) is 6.61 Å². The maximum atomic E-state index is 13.1. The fourth-order valence-electron chi connectivity index (χ4n) is 2.96. The summed E-state index contributed by atoms with van der Waals surface area (Å²) in [5.41, 5.74) is 2.10. The summed E-state index contributed by atoms with van der Waals surface area (Å²) in [5, 5.41) is 3.34. The monoisotopic (exact) mass is 416 g/mol. The summed E-state index contributed by atoms with van der Waals surface area (Å²) in [6.07, 6.45) is 1.35.